The van der Waals surface area contributed by atoms with Gasteiger partial charge in [-0.3, -0.25) is 9.69 Å². The number of benzene rings is 1. The molecule has 0 aliphatic carbocycles. The molecule has 1 amide bonds. The van der Waals surface area contributed by atoms with Crippen LogP contribution in [0, 0.1) is 0 Å². The lowest BCUT2D eigenvalue weighted by atomic mass is 9.89. The Morgan fingerprint density at radius 1 is 1.32 bits per heavy atom. The third-order valence-electron chi connectivity index (χ3n) is 6.84. The molecule has 3 aliphatic rings. The second kappa shape index (κ2) is 12.8. The first kappa shape index (κ1) is 27.5. The van der Waals surface area contributed by atoms with Crippen LogP contribution in [0.5, 0.6) is 0 Å². The highest BCUT2D eigenvalue weighted by molar-refractivity contribution is 8.05. The number of amides is 1. The first-order chi connectivity index (χ1) is 17.9. The zero-order valence-electron chi connectivity index (χ0n) is 21.4. The summed E-state index contributed by atoms with van der Waals surface area (Å²) >= 11 is 8.05. The molecule has 10 heteroatoms. The molecule has 2 unspecified atom stereocenters. The van der Waals surface area contributed by atoms with Crippen LogP contribution in [0.15, 0.2) is 75.9 Å². The van der Waals surface area contributed by atoms with E-state index >= 15 is 0 Å². The minimum atomic E-state index is -0.155. The van der Waals surface area contributed by atoms with Gasteiger partial charge in [0.15, 0.2) is 5.84 Å². The summed E-state index contributed by atoms with van der Waals surface area (Å²) < 4.78 is 0. The quantitative estimate of drug-likeness (QED) is 0.305. The average molecular weight is 542 g/mol. The maximum absolute atomic E-state index is 11.6. The zero-order valence-corrected chi connectivity index (χ0v) is 23.0. The van der Waals surface area contributed by atoms with Crippen molar-refractivity contribution < 1.29 is 4.79 Å². The number of hydrogen-bond donors (Lipinski definition) is 5. The SMILES string of the molecule is C=C(/C=C(\C=C/N)C1CC(C(c2ccc(Cl)cc2)N(C)C2CCNCC2)=C(C2=NCNN2)S1)NC(C)=O. The lowest BCUT2D eigenvalue weighted by Crippen LogP contribution is -2.43. The molecule has 0 saturated carbocycles. The minimum absolute atomic E-state index is 0.0552. The van der Waals surface area contributed by atoms with Gasteiger partial charge in [-0.05, 0) is 86.6 Å². The molecule has 1 aromatic carbocycles. The standard InChI is InChI=1S/C27H36ClN7OS/c1-17(33-18(2)36)14-20(8-11-29)24-15-23(26(37-24)27-31-16-32-34-27)25(19-4-6-21(28)7-5-19)35(3)22-9-12-30-13-10-22/h4-8,11,14,22,24-25,30,32H,1,9-10,12-13,15-16,29H2,2-3H3,(H,31,34)(H,33,36)/b11-8-,20-14+. The van der Waals surface area contributed by atoms with Gasteiger partial charge in [0.05, 0.1) is 10.9 Å². The van der Waals surface area contributed by atoms with E-state index in [1.807, 2.05) is 24.3 Å². The largest absolute Gasteiger partial charge is 0.405 e. The van der Waals surface area contributed by atoms with Crippen LogP contribution in [0.1, 0.15) is 37.8 Å². The van der Waals surface area contributed by atoms with E-state index in [4.69, 9.17) is 22.3 Å². The molecule has 3 heterocycles. The molecule has 6 N–H and O–H groups in total. The van der Waals surface area contributed by atoms with Gasteiger partial charge in [-0.1, -0.05) is 30.3 Å². The van der Waals surface area contributed by atoms with E-state index in [9.17, 15) is 4.79 Å². The Morgan fingerprint density at radius 3 is 2.68 bits per heavy atom. The van der Waals surface area contributed by atoms with Crippen molar-refractivity contribution in [1.82, 2.24) is 26.4 Å². The van der Waals surface area contributed by atoms with E-state index in [0.717, 1.165) is 53.7 Å². The maximum atomic E-state index is 11.6. The topological polar surface area (TPSA) is 107 Å². The molecule has 1 saturated heterocycles. The number of allylic oxidation sites excluding steroid dienone is 2. The number of likely N-dealkylation sites (N-methyl/N-ethyl adjacent to an activating group) is 1. The minimum Gasteiger partial charge on any atom is -0.405 e. The smallest absolute Gasteiger partial charge is 0.221 e. The van der Waals surface area contributed by atoms with Crippen molar-refractivity contribution in [2.75, 3.05) is 26.8 Å². The van der Waals surface area contributed by atoms with Crippen LogP contribution in [0.4, 0.5) is 0 Å². The fraction of sp³-hybridized carbons (Fsp3) is 0.407. The molecule has 0 aromatic heterocycles. The van der Waals surface area contributed by atoms with Crippen LogP contribution in [0.3, 0.4) is 0 Å². The van der Waals surface area contributed by atoms with Crippen molar-refractivity contribution in [2.45, 2.75) is 43.5 Å². The molecule has 198 valence electrons. The van der Waals surface area contributed by atoms with Crippen LogP contribution < -0.4 is 27.2 Å². The summed E-state index contributed by atoms with van der Waals surface area (Å²) in [5, 5.41) is 7.05. The highest BCUT2D eigenvalue weighted by atomic mass is 35.5. The summed E-state index contributed by atoms with van der Waals surface area (Å²) in [7, 11) is 2.23. The molecule has 3 aliphatic heterocycles. The number of carbonyl (C=O) groups is 1. The highest BCUT2D eigenvalue weighted by Crippen LogP contribution is 2.49. The van der Waals surface area contributed by atoms with Crippen LogP contribution in [0.2, 0.25) is 5.02 Å². The second-order valence-electron chi connectivity index (χ2n) is 9.44. The molecule has 4 rings (SSSR count). The van der Waals surface area contributed by atoms with Crippen molar-refractivity contribution in [1.29, 1.82) is 0 Å². The van der Waals surface area contributed by atoms with Gasteiger partial charge in [0.2, 0.25) is 5.91 Å². The van der Waals surface area contributed by atoms with E-state index in [2.05, 4.69) is 52.1 Å². The Hall–Kier alpha value is -2.56. The van der Waals surface area contributed by atoms with Crippen molar-refractivity contribution >= 4 is 35.1 Å². The molecular formula is C27H36ClN7OS. The van der Waals surface area contributed by atoms with E-state index in [-0.39, 0.29) is 17.2 Å². The molecule has 0 radical (unpaired) electrons. The fourth-order valence-electron chi connectivity index (χ4n) is 5.17. The number of amidine groups is 1. The number of thioether (sulfide) groups is 1. The summed E-state index contributed by atoms with van der Waals surface area (Å²) in [5.41, 5.74) is 16.2. The van der Waals surface area contributed by atoms with Crippen LogP contribution >= 0.6 is 23.4 Å². The van der Waals surface area contributed by atoms with Crippen molar-refractivity contribution in [3.05, 3.63) is 81.5 Å². The van der Waals surface area contributed by atoms with Crippen LogP contribution in [-0.2, 0) is 4.79 Å². The van der Waals surface area contributed by atoms with Gasteiger partial charge in [0, 0.05) is 28.9 Å². The van der Waals surface area contributed by atoms with Gasteiger partial charge in [-0.2, -0.15) is 0 Å². The molecule has 37 heavy (non-hydrogen) atoms. The number of carbonyl (C=O) groups excluding carboxylic acids is 1. The molecule has 8 nitrogen and oxygen atoms in total. The normalized spacial score (nSPS) is 21.9. The Kier molecular flexibility index (Phi) is 9.50. The number of rotatable bonds is 9. The Labute approximate surface area is 228 Å². The number of halogens is 1. The fourth-order valence-corrected chi connectivity index (χ4v) is 6.70. The third-order valence-corrected chi connectivity index (χ3v) is 8.51. The van der Waals surface area contributed by atoms with Gasteiger partial charge in [-0.25, -0.2) is 10.4 Å². The lowest BCUT2D eigenvalue weighted by Gasteiger charge is -2.39. The summed E-state index contributed by atoms with van der Waals surface area (Å²) in [6.07, 6.45) is 8.32. The molecule has 0 bridgehead atoms. The molecule has 2 atom stereocenters. The summed E-state index contributed by atoms with van der Waals surface area (Å²) in [6.45, 7) is 8.04. The van der Waals surface area contributed by atoms with Gasteiger partial charge >= 0.3 is 0 Å². The highest BCUT2D eigenvalue weighted by Gasteiger charge is 2.38. The second-order valence-corrected chi connectivity index (χ2v) is 11.1. The summed E-state index contributed by atoms with van der Waals surface area (Å²) in [5.74, 6) is 0.704. The van der Waals surface area contributed by atoms with E-state index in [1.54, 1.807) is 11.8 Å². The number of nitrogens with one attached hydrogen (secondary N) is 4. The average Bonchev–Trinajstić information content (AvgIpc) is 3.56. The Morgan fingerprint density at radius 2 is 2.05 bits per heavy atom. The Bertz CT molecular complexity index is 1120. The summed E-state index contributed by atoms with van der Waals surface area (Å²) in [4.78, 5) is 19.9. The Balaban J connectivity index is 1.75. The van der Waals surface area contributed by atoms with Crippen LogP contribution in [-0.4, -0.2) is 54.7 Å². The van der Waals surface area contributed by atoms with Gasteiger partial charge < -0.3 is 21.8 Å². The molecular weight excluding hydrogens is 506 g/mol. The van der Waals surface area contributed by atoms with E-state index < -0.39 is 0 Å². The molecule has 1 fully saturated rings. The van der Waals surface area contributed by atoms with Crippen molar-refractivity contribution in [2.24, 2.45) is 10.7 Å². The predicted molar refractivity (Wildman–Crippen MR) is 154 cm³/mol. The van der Waals surface area contributed by atoms with Crippen molar-refractivity contribution in [3.63, 3.8) is 0 Å². The maximum Gasteiger partial charge on any atom is 0.221 e. The number of aliphatic imine (C=N–C) groups is 1. The zero-order chi connectivity index (χ0) is 26.4. The number of piperidine rings is 1. The van der Waals surface area contributed by atoms with E-state index in [1.165, 1.54) is 24.3 Å². The lowest BCUT2D eigenvalue weighted by molar-refractivity contribution is -0.118. The summed E-state index contributed by atoms with van der Waals surface area (Å²) in [6, 6.07) is 8.70. The van der Waals surface area contributed by atoms with Gasteiger partial charge in [-0.15, -0.1) is 11.8 Å². The number of hydrazine groups is 1. The van der Waals surface area contributed by atoms with Gasteiger partial charge in [0.1, 0.15) is 6.67 Å². The van der Waals surface area contributed by atoms with E-state index in [0.29, 0.717) is 18.4 Å². The van der Waals surface area contributed by atoms with Gasteiger partial charge in [0.25, 0.3) is 0 Å². The van der Waals surface area contributed by atoms with Crippen molar-refractivity contribution in [3.8, 4) is 0 Å². The molecule has 1 aromatic rings. The predicted octanol–water partition coefficient (Wildman–Crippen LogP) is 3.34. The number of hydrogen-bond acceptors (Lipinski definition) is 8. The monoisotopic (exact) mass is 541 g/mol. The first-order valence-corrected chi connectivity index (χ1v) is 13.8. The number of nitrogens with zero attached hydrogens (tertiary/aromatic N) is 2. The number of nitrogens with two attached hydrogens (primary N) is 1. The third kappa shape index (κ3) is 6.86. The van der Waals surface area contributed by atoms with Crippen LogP contribution in [0.25, 0.3) is 0 Å². The molecule has 0 spiro atoms. The first-order valence-electron chi connectivity index (χ1n) is 12.5.